The summed E-state index contributed by atoms with van der Waals surface area (Å²) in [6.45, 7) is 2.36. The monoisotopic (exact) mass is 376 g/mol. The lowest BCUT2D eigenvalue weighted by molar-refractivity contribution is 0.0951. The Morgan fingerprint density at radius 2 is 1.93 bits per heavy atom. The van der Waals surface area contributed by atoms with Crippen molar-refractivity contribution < 1.29 is 4.79 Å². The zero-order chi connectivity index (χ0) is 18.8. The molecular formula is C21H17ClN4O. The number of rotatable bonds is 4. The number of amides is 1. The molecule has 0 aliphatic heterocycles. The number of nitrogens with one attached hydrogen (secondary N) is 1. The second-order valence-corrected chi connectivity index (χ2v) is 6.64. The molecular weight excluding hydrogens is 360 g/mol. The highest BCUT2D eigenvalue weighted by Crippen LogP contribution is 2.19. The van der Waals surface area contributed by atoms with Gasteiger partial charge in [0.2, 0.25) is 0 Å². The number of carbonyl (C=O) groups is 1. The van der Waals surface area contributed by atoms with Crippen LogP contribution in [-0.2, 0) is 6.54 Å². The molecule has 0 fully saturated rings. The van der Waals surface area contributed by atoms with Crippen LogP contribution >= 0.6 is 11.6 Å². The van der Waals surface area contributed by atoms with E-state index in [9.17, 15) is 4.79 Å². The first-order valence-electron chi connectivity index (χ1n) is 8.55. The molecule has 2 heterocycles. The maximum Gasteiger partial charge on any atom is 0.251 e. The smallest absolute Gasteiger partial charge is 0.251 e. The summed E-state index contributed by atoms with van der Waals surface area (Å²) in [6.07, 6.45) is 1.75. The number of nitrogens with zero attached hydrogens (tertiary/aromatic N) is 3. The van der Waals surface area contributed by atoms with Crippen LogP contribution in [0.4, 0.5) is 0 Å². The number of carbonyl (C=O) groups excluding carboxylic acids is 1. The second-order valence-electron chi connectivity index (χ2n) is 6.20. The van der Waals surface area contributed by atoms with Gasteiger partial charge >= 0.3 is 0 Å². The van der Waals surface area contributed by atoms with Crippen LogP contribution in [0, 0.1) is 6.92 Å². The zero-order valence-electron chi connectivity index (χ0n) is 14.7. The van der Waals surface area contributed by atoms with E-state index in [2.05, 4.69) is 15.3 Å². The molecule has 2 aromatic carbocycles. The number of pyridine rings is 1. The Bertz CT molecular complexity index is 1120. The molecule has 0 spiro atoms. The summed E-state index contributed by atoms with van der Waals surface area (Å²) in [4.78, 5) is 21.3. The van der Waals surface area contributed by atoms with Gasteiger partial charge in [-0.05, 0) is 61.0 Å². The Labute approximate surface area is 161 Å². The van der Waals surface area contributed by atoms with Crippen molar-refractivity contribution in [1.82, 2.24) is 19.9 Å². The van der Waals surface area contributed by atoms with Crippen molar-refractivity contribution in [2.45, 2.75) is 13.5 Å². The fourth-order valence-corrected chi connectivity index (χ4v) is 3.24. The fraction of sp³-hybridized carbons (Fsp3) is 0.0952. The number of imidazole rings is 1. The number of halogens is 1. The molecule has 6 heteroatoms. The third-order valence-corrected chi connectivity index (χ3v) is 4.55. The summed E-state index contributed by atoms with van der Waals surface area (Å²) in [5.41, 5.74) is 4.11. The molecule has 0 saturated heterocycles. The van der Waals surface area contributed by atoms with E-state index in [4.69, 9.17) is 11.6 Å². The van der Waals surface area contributed by atoms with Gasteiger partial charge in [0.05, 0.1) is 0 Å². The zero-order valence-corrected chi connectivity index (χ0v) is 15.4. The molecule has 0 aliphatic carbocycles. The maximum absolute atomic E-state index is 12.4. The lowest BCUT2D eigenvalue weighted by Crippen LogP contribution is -2.22. The molecule has 0 saturated carbocycles. The van der Waals surface area contributed by atoms with E-state index in [1.54, 1.807) is 18.3 Å². The fourth-order valence-electron chi connectivity index (χ4n) is 3.03. The van der Waals surface area contributed by atoms with Gasteiger partial charge < -0.3 is 5.32 Å². The van der Waals surface area contributed by atoms with Gasteiger partial charge in [-0.3, -0.25) is 9.36 Å². The first-order valence-corrected chi connectivity index (χ1v) is 8.93. The molecule has 0 radical (unpaired) electrons. The molecule has 134 valence electrons. The van der Waals surface area contributed by atoms with Gasteiger partial charge in [0.1, 0.15) is 11.3 Å². The van der Waals surface area contributed by atoms with E-state index in [-0.39, 0.29) is 5.91 Å². The van der Waals surface area contributed by atoms with Crippen LogP contribution in [0.25, 0.3) is 16.9 Å². The summed E-state index contributed by atoms with van der Waals surface area (Å²) >= 11 is 5.97. The largest absolute Gasteiger partial charge is 0.348 e. The van der Waals surface area contributed by atoms with Gasteiger partial charge in [-0.15, -0.1) is 0 Å². The molecule has 27 heavy (non-hydrogen) atoms. The lowest BCUT2D eigenvalue weighted by atomic mass is 10.1. The Hall–Kier alpha value is -3.18. The van der Waals surface area contributed by atoms with Gasteiger partial charge in [0.15, 0.2) is 5.65 Å². The summed E-state index contributed by atoms with van der Waals surface area (Å²) < 4.78 is 1.98. The van der Waals surface area contributed by atoms with Crippen LogP contribution in [-0.4, -0.2) is 20.4 Å². The predicted octanol–water partition coefficient (Wildman–Crippen LogP) is 4.31. The molecule has 0 atom stereocenters. The van der Waals surface area contributed by atoms with Gasteiger partial charge in [-0.2, -0.15) is 0 Å². The summed E-state index contributed by atoms with van der Waals surface area (Å²) in [7, 11) is 0. The minimum atomic E-state index is -0.133. The molecule has 0 bridgehead atoms. The van der Waals surface area contributed by atoms with Crippen molar-refractivity contribution in [3.63, 3.8) is 0 Å². The number of fused-ring (bicyclic) bond motifs is 1. The molecule has 5 nitrogen and oxygen atoms in total. The highest BCUT2D eigenvalue weighted by molar-refractivity contribution is 6.30. The predicted molar refractivity (Wildman–Crippen MR) is 106 cm³/mol. The molecule has 4 rings (SSSR count). The van der Waals surface area contributed by atoms with Gasteiger partial charge in [0.25, 0.3) is 5.91 Å². The Morgan fingerprint density at radius 3 is 2.70 bits per heavy atom. The normalized spacial score (nSPS) is 10.9. The summed E-state index contributed by atoms with van der Waals surface area (Å²) in [6, 6.07) is 18.6. The third kappa shape index (κ3) is 3.55. The highest BCUT2D eigenvalue weighted by atomic mass is 35.5. The minimum Gasteiger partial charge on any atom is -0.348 e. The lowest BCUT2D eigenvalue weighted by Gasteiger charge is -2.09. The molecule has 1 amide bonds. The number of hydrogen-bond donors (Lipinski definition) is 1. The third-order valence-electron chi connectivity index (χ3n) is 4.31. The van der Waals surface area contributed by atoms with Crippen molar-refractivity contribution >= 4 is 28.7 Å². The van der Waals surface area contributed by atoms with Crippen LogP contribution in [0.5, 0.6) is 0 Å². The van der Waals surface area contributed by atoms with Crippen molar-refractivity contribution in [1.29, 1.82) is 0 Å². The van der Waals surface area contributed by atoms with Crippen LogP contribution in [0.2, 0.25) is 5.02 Å². The Kier molecular flexibility index (Phi) is 4.60. The van der Waals surface area contributed by atoms with Crippen molar-refractivity contribution in [2.24, 2.45) is 0 Å². The first kappa shape index (κ1) is 17.2. The Balaban J connectivity index is 1.53. The molecule has 2 aromatic heterocycles. The van der Waals surface area contributed by atoms with E-state index in [0.717, 1.165) is 28.2 Å². The van der Waals surface area contributed by atoms with Crippen molar-refractivity contribution in [3.05, 3.63) is 88.8 Å². The minimum absolute atomic E-state index is 0.133. The van der Waals surface area contributed by atoms with E-state index in [1.807, 2.05) is 60.0 Å². The SMILES string of the molecule is Cc1nc2cccnc2n1-c1ccc(C(=O)NCc2cccc(Cl)c2)cc1. The van der Waals surface area contributed by atoms with Crippen LogP contribution in [0.3, 0.4) is 0 Å². The van der Waals surface area contributed by atoms with Gasteiger partial charge in [-0.25, -0.2) is 9.97 Å². The van der Waals surface area contributed by atoms with E-state index < -0.39 is 0 Å². The van der Waals surface area contributed by atoms with Gasteiger partial charge in [0, 0.05) is 29.0 Å². The summed E-state index contributed by atoms with van der Waals surface area (Å²) in [5.74, 6) is 0.716. The quantitative estimate of drug-likeness (QED) is 0.577. The first-order chi connectivity index (χ1) is 13.1. The number of hydrogen-bond acceptors (Lipinski definition) is 3. The van der Waals surface area contributed by atoms with E-state index >= 15 is 0 Å². The van der Waals surface area contributed by atoms with Crippen LogP contribution in [0.15, 0.2) is 66.9 Å². The number of aryl methyl sites for hydroxylation is 1. The van der Waals surface area contributed by atoms with Crippen molar-refractivity contribution in [3.8, 4) is 5.69 Å². The molecule has 1 N–H and O–H groups in total. The van der Waals surface area contributed by atoms with Crippen LogP contribution < -0.4 is 5.32 Å². The topological polar surface area (TPSA) is 59.8 Å². The van der Waals surface area contributed by atoms with E-state index in [0.29, 0.717) is 17.1 Å². The van der Waals surface area contributed by atoms with E-state index in [1.165, 1.54) is 0 Å². The van der Waals surface area contributed by atoms with Gasteiger partial charge in [-0.1, -0.05) is 23.7 Å². The number of benzene rings is 2. The summed E-state index contributed by atoms with van der Waals surface area (Å²) in [5, 5.41) is 3.56. The average Bonchev–Trinajstić information content (AvgIpc) is 3.02. The molecule has 0 aliphatic rings. The van der Waals surface area contributed by atoms with Crippen molar-refractivity contribution in [2.75, 3.05) is 0 Å². The Morgan fingerprint density at radius 1 is 1.11 bits per heavy atom. The maximum atomic E-state index is 12.4. The number of aromatic nitrogens is 3. The van der Waals surface area contributed by atoms with Crippen LogP contribution in [0.1, 0.15) is 21.7 Å². The standard InChI is InChI=1S/C21H17ClN4O/c1-14-25-19-6-3-11-23-20(19)26(14)18-9-7-16(8-10-18)21(27)24-13-15-4-2-5-17(22)12-15/h2-12H,13H2,1H3,(H,24,27). The second kappa shape index (κ2) is 7.21. The highest BCUT2D eigenvalue weighted by Gasteiger charge is 2.11. The average molecular weight is 377 g/mol. The molecule has 0 unspecified atom stereocenters. The molecule has 4 aromatic rings.